The molecule has 1 aliphatic heterocycles. The SMILES string of the molecule is Cc1ccc(S(=O)(=O)/N=C2/N/C(=C\c3ccc4ccccc4c3)C(c3ccccc3Cl)=C2c2ccccc2)cc1. The molecule has 0 aromatic heterocycles. The summed E-state index contributed by atoms with van der Waals surface area (Å²) < 4.78 is 31.4. The van der Waals surface area contributed by atoms with Gasteiger partial charge in [-0.05, 0) is 59.2 Å². The van der Waals surface area contributed by atoms with Crippen LogP contribution in [-0.2, 0) is 10.0 Å². The van der Waals surface area contributed by atoms with Crippen molar-refractivity contribution in [3.63, 3.8) is 0 Å². The lowest BCUT2D eigenvalue weighted by Gasteiger charge is -2.11. The second-order valence-electron chi connectivity index (χ2n) is 9.61. The molecule has 0 fully saturated rings. The van der Waals surface area contributed by atoms with Crippen molar-refractivity contribution < 1.29 is 8.42 Å². The van der Waals surface area contributed by atoms with Crippen LogP contribution < -0.4 is 5.32 Å². The zero-order valence-corrected chi connectivity index (χ0v) is 23.2. The van der Waals surface area contributed by atoms with Crippen LogP contribution in [0.15, 0.2) is 136 Å². The van der Waals surface area contributed by atoms with Gasteiger partial charge in [0.1, 0.15) is 0 Å². The number of hydrogen-bond donors (Lipinski definition) is 1. The molecule has 0 unspecified atom stereocenters. The Morgan fingerprint density at radius 1 is 0.725 bits per heavy atom. The molecule has 5 aromatic carbocycles. The van der Waals surface area contributed by atoms with E-state index in [1.807, 2.05) is 85.8 Å². The van der Waals surface area contributed by atoms with Crippen molar-refractivity contribution in [2.45, 2.75) is 11.8 Å². The Balaban J connectivity index is 1.61. The van der Waals surface area contributed by atoms with Crippen LogP contribution in [0.25, 0.3) is 28.0 Å². The summed E-state index contributed by atoms with van der Waals surface area (Å²) in [7, 11) is -4.01. The Morgan fingerprint density at radius 2 is 1.40 bits per heavy atom. The van der Waals surface area contributed by atoms with Crippen molar-refractivity contribution in [1.82, 2.24) is 5.32 Å². The number of rotatable bonds is 5. The highest BCUT2D eigenvalue weighted by molar-refractivity contribution is 7.90. The fourth-order valence-electron chi connectivity index (χ4n) is 4.86. The smallest absolute Gasteiger partial charge is 0.284 e. The molecule has 196 valence electrons. The molecule has 1 N–H and O–H groups in total. The van der Waals surface area contributed by atoms with E-state index in [-0.39, 0.29) is 10.7 Å². The number of aryl methyl sites for hydroxylation is 1. The van der Waals surface area contributed by atoms with Gasteiger partial charge < -0.3 is 5.32 Å². The Hall–Kier alpha value is -4.45. The summed E-state index contributed by atoms with van der Waals surface area (Å²) in [5, 5.41) is 6.15. The van der Waals surface area contributed by atoms with Gasteiger partial charge in [0.05, 0.1) is 4.90 Å². The highest BCUT2D eigenvalue weighted by Gasteiger charge is 2.31. The number of fused-ring (bicyclic) bond motifs is 1. The average molecular weight is 561 g/mol. The van der Waals surface area contributed by atoms with Crippen LogP contribution in [-0.4, -0.2) is 14.3 Å². The molecular weight excluding hydrogens is 536 g/mol. The topological polar surface area (TPSA) is 58.5 Å². The van der Waals surface area contributed by atoms with E-state index >= 15 is 0 Å². The molecule has 0 saturated heterocycles. The summed E-state index contributed by atoms with van der Waals surface area (Å²) in [4.78, 5) is 0.131. The Kier molecular flexibility index (Phi) is 6.84. The van der Waals surface area contributed by atoms with E-state index in [1.54, 1.807) is 24.3 Å². The van der Waals surface area contributed by atoms with Crippen molar-refractivity contribution >= 4 is 55.5 Å². The van der Waals surface area contributed by atoms with Gasteiger partial charge in [-0.25, -0.2) is 0 Å². The lowest BCUT2D eigenvalue weighted by molar-refractivity contribution is 0.598. The van der Waals surface area contributed by atoms with Gasteiger partial charge in [-0.1, -0.05) is 114 Å². The zero-order chi connectivity index (χ0) is 27.7. The number of benzene rings is 5. The standard InChI is InChI=1S/C34H25ClN2O2S/c1-23-15-19-28(20-16-23)40(38,39)37-34-32(26-10-3-2-4-11-26)33(29-13-7-8-14-30(29)35)31(36-34)22-24-17-18-25-9-5-6-12-27(25)21-24/h2-22H,1H3,(H,36,37)/b31-22-. The number of nitrogens with one attached hydrogen (secondary N) is 1. The van der Waals surface area contributed by atoms with Crippen molar-refractivity contribution in [1.29, 1.82) is 0 Å². The van der Waals surface area contributed by atoms with E-state index in [0.29, 0.717) is 16.3 Å². The van der Waals surface area contributed by atoms with Crippen LogP contribution in [0, 0.1) is 6.92 Å². The summed E-state index contributed by atoms with van der Waals surface area (Å²) in [6.07, 6.45) is 2.01. The van der Waals surface area contributed by atoms with Gasteiger partial charge in [0.25, 0.3) is 10.0 Å². The number of hydrogen-bond acceptors (Lipinski definition) is 2. The van der Waals surface area contributed by atoms with Crippen molar-refractivity contribution in [2.24, 2.45) is 4.40 Å². The van der Waals surface area contributed by atoms with Crippen molar-refractivity contribution in [3.05, 3.63) is 154 Å². The van der Waals surface area contributed by atoms with Gasteiger partial charge in [-0.2, -0.15) is 8.42 Å². The molecule has 40 heavy (non-hydrogen) atoms. The van der Waals surface area contributed by atoms with Crippen molar-refractivity contribution in [2.75, 3.05) is 0 Å². The molecular formula is C34H25ClN2O2S. The molecule has 1 heterocycles. The molecule has 0 atom stereocenters. The lowest BCUT2D eigenvalue weighted by atomic mass is 9.94. The highest BCUT2D eigenvalue weighted by atomic mass is 35.5. The predicted molar refractivity (Wildman–Crippen MR) is 166 cm³/mol. The first-order valence-electron chi connectivity index (χ1n) is 12.8. The second kappa shape index (κ2) is 10.6. The third-order valence-electron chi connectivity index (χ3n) is 6.83. The monoisotopic (exact) mass is 560 g/mol. The fraction of sp³-hybridized carbons (Fsp3) is 0.0294. The fourth-order valence-corrected chi connectivity index (χ4v) is 6.05. The summed E-state index contributed by atoms with van der Waals surface area (Å²) in [6, 6.07) is 38.3. The molecule has 0 amide bonds. The number of nitrogens with zero attached hydrogens (tertiary/aromatic N) is 1. The molecule has 0 saturated carbocycles. The zero-order valence-electron chi connectivity index (χ0n) is 21.7. The van der Waals surface area contributed by atoms with Gasteiger partial charge in [0.15, 0.2) is 5.84 Å². The van der Waals surface area contributed by atoms with Crippen LogP contribution in [0.3, 0.4) is 0 Å². The van der Waals surface area contributed by atoms with Gasteiger partial charge >= 0.3 is 0 Å². The first-order chi connectivity index (χ1) is 19.4. The van der Waals surface area contributed by atoms with Crippen LogP contribution in [0.5, 0.6) is 0 Å². The highest BCUT2D eigenvalue weighted by Crippen LogP contribution is 2.41. The Labute approximate surface area is 239 Å². The minimum absolute atomic E-state index is 0.131. The molecule has 0 spiro atoms. The third-order valence-corrected chi connectivity index (χ3v) is 8.45. The molecule has 0 radical (unpaired) electrons. The molecule has 1 aliphatic rings. The Bertz CT molecular complexity index is 1940. The minimum atomic E-state index is -4.01. The van der Waals surface area contributed by atoms with E-state index in [1.165, 1.54) is 0 Å². The Morgan fingerprint density at radius 3 is 2.15 bits per heavy atom. The molecule has 6 rings (SSSR count). The predicted octanol–water partition coefficient (Wildman–Crippen LogP) is 8.14. The maximum absolute atomic E-state index is 13.5. The van der Waals surface area contributed by atoms with Crippen LogP contribution in [0.2, 0.25) is 5.02 Å². The van der Waals surface area contributed by atoms with Crippen LogP contribution >= 0.6 is 11.6 Å². The van der Waals surface area contributed by atoms with Crippen LogP contribution in [0.1, 0.15) is 22.3 Å². The molecule has 4 nitrogen and oxygen atoms in total. The number of amidine groups is 1. The number of sulfonamides is 1. The molecule has 5 aromatic rings. The quantitative estimate of drug-likeness (QED) is 0.236. The van der Waals surface area contributed by atoms with E-state index < -0.39 is 10.0 Å². The van der Waals surface area contributed by atoms with E-state index in [9.17, 15) is 8.42 Å². The first kappa shape index (κ1) is 25.8. The largest absolute Gasteiger partial charge is 0.338 e. The average Bonchev–Trinajstić information content (AvgIpc) is 3.30. The maximum atomic E-state index is 13.5. The lowest BCUT2D eigenvalue weighted by Crippen LogP contribution is -2.19. The van der Waals surface area contributed by atoms with Gasteiger partial charge in [-0.3, -0.25) is 0 Å². The number of halogens is 1. The molecule has 6 heteroatoms. The van der Waals surface area contributed by atoms with Gasteiger partial charge in [0.2, 0.25) is 0 Å². The summed E-state index contributed by atoms with van der Waals surface area (Å²) in [5.74, 6) is 0.244. The summed E-state index contributed by atoms with van der Waals surface area (Å²) in [5.41, 5.74) is 5.68. The van der Waals surface area contributed by atoms with Crippen molar-refractivity contribution in [3.8, 4) is 0 Å². The van der Waals surface area contributed by atoms with Gasteiger partial charge in [0, 0.05) is 27.4 Å². The number of allylic oxidation sites excluding steroid dienone is 1. The van der Waals surface area contributed by atoms with Crippen LogP contribution in [0.4, 0.5) is 0 Å². The van der Waals surface area contributed by atoms with E-state index in [4.69, 9.17) is 11.6 Å². The summed E-state index contributed by atoms with van der Waals surface area (Å²) in [6.45, 7) is 1.91. The first-order valence-corrected chi connectivity index (χ1v) is 14.7. The summed E-state index contributed by atoms with van der Waals surface area (Å²) >= 11 is 6.75. The normalized spacial score (nSPS) is 15.7. The van der Waals surface area contributed by atoms with E-state index in [0.717, 1.165) is 38.6 Å². The maximum Gasteiger partial charge on any atom is 0.284 e. The van der Waals surface area contributed by atoms with Gasteiger partial charge in [-0.15, -0.1) is 4.40 Å². The molecule has 0 aliphatic carbocycles. The minimum Gasteiger partial charge on any atom is -0.338 e. The third kappa shape index (κ3) is 5.09. The van der Waals surface area contributed by atoms with E-state index in [2.05, 4.69) is 34.0 Å². The second-order valence-corrected chi connectivity index (χ2v) is 11.6. The molecule has 0 bridgehead atoms.